The van der Waals surface area contributed by atoms with Gasteiger partial charge >= 0.3 is 0 Å². The van der Waals surface area contributed by atoms with Gasteiger partial charge in [-0.1, -0.05) is 36.8 Å². The van der Waals surface area contributed by atoms with Crippen molar-refractivity contribution in [1.29, 1.82) is 0 Å². The second-order valence-corrected chi connectivity index (χ2v) is 9.85. The van der Waals surface area contributed by atoms with Crippen molar-refractivity contribution >= 4 is 27.5 Å². The molecule has 1 N–H and O–H groups in total. The number of hydrogen-bond donors (Lipinski definition) is 1. The molecule has 0 saturated carbocycles. The van der Waals surface area contributed by atoms with Crippen molar-refractivity contribution in [2.45, 2.75) is 39.8 Å². The van der Waals surface area contributed by atoms with Crippen molar-refractivity contribution in [2.75, 3.05) is 30.8 Å². The number of ether oxygens (including phenoxy) is 1. The molecule has 8 nitrogen and oxygen atoms in total. The van der Waals surface area contributed by atoms with E-state index in [0.717, 1.165) is 28.1 Å². The van der Waals surface area contributed by atoms with Crippen molar-refractivity contribution in [3.05, 3.63) is 59.7 Å². The zero-order valence-electron chi connectivity index (χ0n) is 19.9. The number of carbonyl (C=O) groups excluding carboxylic acids is 2. The van der Waals surface area contributed by atoms with E-state index in [4.69, 9.17) is 4.74 Å². The first-order valence-corrected chi connectivity index (χ1v) is 12.7. The Balaban J connectivity index is 2.37. The second-order valence-electron chi connectivity index (χ2n) is 7.95. The van der Waals surface area contributed by atoms with Gasteiger partial charge in [0.2, 0.25) is 21.8 Å². The smallest absolute Gasteiger partial charge is 0.244 e. The molecule has 0 saturated heterocycles. The molecule has 0 aliphatic rings. The van der Waals surface area contributed by atoms with Crippen LogP contribution in [-0.2, 0) is 26.2 Å². The highest BCUT2D eigenvalue weighted by atomic mass is 32.2. The minimum atomic E-state index is -3.74. The van der Waals surface area contributed by atoms with Gasteiger partial charge in [-0.15, -0.1) is 0 Å². The second kappa shape index (κ2) is 11.7. The summed E-state index contributed by atoms with van der Waals surface area (Å²) in [5, 5.41) is 2.81. The number of nitrogens with zero attached hydrogens (tertiary/aromatic N) is 2. The highest BCUT2D eigenvalue weighted by molar-refractivity contribution is 7.92. The summed E-state index contributed by atoms with van der Waals surface area (Å²) in [7, 11) is -2.19. The van der Waals surface area contributed by atoms with Crippen LogP contribution < -0.4 is 14.4 Å². The number of sulfonamides is 1. The zero-order chi connectivity index (χ0) is 24.6. The van der Waals surface area contributed by atoms with Gasteiger partial charge in [-0.25, -0.2) is 8.42 Å². The summed E-state index contributed by atoms with van der Waals surface area (Å²) in [5.74, 6) is -0.155. The maximum absolute atomic E-state index is 13.4. The first-order valence-electron chi connectivity index (χ1n) is 10.8. The molecular formula is C24H33N3O5S. The predicted molar refractivity (Wildman–Crippen MR) is 130 cm³/mol. The number of nitrogens with one attached hydrogen (secondary N) is 1. The van der Waals surface area contributed by atoms with Crippen LogP contribution in [0.5, 0.6) is 5.75 Å². The van der Waals surface area contributed by atoms with Crippen LogP contribution in [-0.4, -0.2) is 57.6 Å². The van der Waals surface area contributed by atoms with Crippen molar-refractivity contribution in [2.24, 2.45) is 0 Å². The summed E-state index contributed by atoms with van der Waals surface area (Å²) in [4.78, 5) is 27.5. The van der Waals surface area contributed by atoms with Gasteiger partial charge in [-0.05, 0) is 50.1 Å². The number of rotatable bonds is 11. The molecule has 2 aromatic carbocycles. The van der Waals surface area contributed by atoms with Crippen LogP contribution in [0.3, 0.4) is 0 Å². The van der Waals surface area contributed by atoms with Gasteiger partial charge in [-0.2, -0.15) is 0 Å². The summed E-state index contributed by atoms with van der Waals surface area (Å²) in [5.41, 5.74) is 2.12. The lowest BCUT2D eigenvalue weighted by Crippen LogP contribution is -2.51. The highest BCUT2D eigenvalue weighted by Gasteiger charge is 2.30. The van der Waals surface area contributed by atoms with Gasteiger partial charge in [0.05, 0.1) is 19.1 Å². The molecule has 9 heteroatoms. The molecule has 2 amide bonds. The largest absolute Gasteiger partial charge is 0.497 e. The first kappa shape index (κ1) is 26.2. The predicted octanol–water partition coefficient (Wildman–Crippen LogP) is 2.71. The van der Waals surface area contributed by atoms with Crippen molar-refractivity contribution in [3.63, 3.8) is 0 Å². The quantitative estimate of drug-likeness (QED) is 0.539. The molecule has 0 aromatic heterocycles. The third-order valence-electron chi connectivity index (χ3n) is 5.20. The van der Waals surface area contributed by atoms with Crippen LogP contribution in [0.15, 0.2) is 48.5 Å². The molecule has 1 atom stereocenters. The Morgan fingerprint density at radius 1 is 1.12 bits per heavy atom. The Hall–Kier alpha value is -3.07. The molecular weight excluding hydrogens is 442 g/mol. The molecule has 0 aliphatic heterocycles. The minimum Gasteiger partial charge on any atom is -0.497 e. The summed E-state index contributed by atoms with van der Waals surface area (Å²) >= 11 is 0. The highest BCUT2D eigenvalue weighted by Crippen LogP contribution is 2.20. The van der Waals surface area contributed by atoms with Gasteiger partial charge in [0.25, 0.3) is 0 Å². The van der Waals surface area contributed by atoms with E-state index in [0.29, 0.717) is 18.0 Å². The van der Waals surface area contributed by atoms with Gasteiger partial charge in [0.1, 0.15) is 18.3 Å². The van der Waals surface area contributed by atoms with Crippen LogP contribution in [0.4, 0.5) is 5.69 Å². The van der Waals surface area contributed by atoms with E-state index >= 15 is 0 Å². The lowest BCUT2D eigenvalue weighted by Gasteiger charge is -2.31. The third-order valence-corrected chi connectivity index (χ3v) is 6.35. The fraction of sp³-hybridized carbons (Fsp3) is 0.417. The van der Waals surface area contributed by atoms with Crippen molar-refractivity contribution in [3.8, 4) is 5.75 Å². The SMILES string of the molecule is CCCNC(=O)C(C)N(Cc1cccc(OC)c1)C(=O)CN(c1ccc(C)cc1)S(C)(=O)=O. The maximum Gasteiger partial charge on any atom is 0.244 e. The van der Waals surface area contributed by atoms with Crippen LogP contribution in [0.1, 0.15) is 31.4 Å². The van der Waals surface area contributed by atoms with Crippen molar-refractivity contribution < 1.29 is 22.7 Å². The molecule has 1 unspecified atom stereocenters. The number of aryl methyl sites for hydroxylation is 1. The van der Waals surface area contributed by atoms with Gasteiger partial charge in [-0.3, -0.25) is 13.9 Å². The molecule has 0 spiro atoms. The molecule has 180 valence electrons. The van der Waals surface area contributed by atoms with E-state index in [1.165, 1.54) is 4.90 Å². The molecule has 2 rings (SSSR count). The van der Waals surface area contributed by atoms with Gasteiger partial charge < -0.3 is 15.0 Å². The molecule has 0 radical (unpaired) electrons. The fourth-order valence-electron chi connectivity index (χ4n) is 3.27. The van der Waals surface area contributed by atoms with E-state index in [1.54, 1.807) is 56.5 Å². The average molecular weight is 476 g/mol. The van der Waals surface area contributed by atoms with E-state index in [2.05, 4.69) is 5.32 Å². The number of methoxy groups -OCH3 is 1. The Bertz CT molecular complexity index is 1050. The number of amides is 2. The van der Waals surface area contributed by atoms with Gasteiger partial charge in [0.15, 0.2) is 0 Å². The first-order chi connectivity index (χ1) is 15.6. The van der Waals surface area contributed by atoms with Crippen LogP contribution in [0.25, 0.3) is 0 Å². The standard InChI is InChI=1S/C24H33N3O5S/c1-6-14-25-24(29)19(3)26(16-20-8-7-9-22(15-20)32-4)23(28)17-27(33(5,30)31)21-12-10-18(2)11-13-21/h7-13,15,19H,6,14,16-17H2,1-5H3,(H,25,29). The number of anilines is 1. The Morgan fingerprint density at radius 2 is 1.79 bits per heavy atom. The number of carbonyl (C=O) groups is 2. The normalized spacial score (nSPS) is 12.0. The molecule has 2 aromatic rings. The molecule has 0 heterocycles. The Kier molecular flexibility index (Phi) is 9.28. The molecule has 0 fully saturated rings. The molecule has 0 aliphatic carbocycles. The number of benzene rings is 2. The summed E-state index contributed by atoms with van der Waals surface area (Å²) < 4.78 is 31.4. The van der Waals surface area contributed by atoms with Crippen molar-refractivity contribution in [1.82, 2.24) is 10.2 Å². The van der Waals surface area contributed by atoms with E-state index in [1.807, 2.05) is 19.9 Å². The van der Waals surface area contributed by atoms with Crippen LogP contribution >= 0.6 is 0 Å². The van der Waals surface area contributed by atoms with Gasteiger partial charge in [0, 0.05) is 13.1 Å². The summed E-state index contributed by atoms with van der Waals surface area (Å²) in [6, 6.07) is 13.3. The topological polar surface area (TPSA) is 96.0 Å². The Labute approximate surface area is 196 Å². The minimum absolute atomic E-state index is 0.127. The fourth-order valence-corrected chi connectivity index (χ4v) is 4.12. The van der Waals surface area contributed by atoms with Crippen LogP contribution in [0, 0.1) is 6.92 Å². The monoisotopic (exact) mass is 475 g/mol. The third kappa shape index (κ3) is 7.49. The summed E-state index contributed by atoms with van der Waals surface area (Å²) in [6.45, 7) is 5.67. The lowest BCUT2D eigenvalue weighted by atomic mass is 10.1. The van der Waals surface area contributed by atoms with E-state index < -0.39 is 28.5 Å². The van der Waals surface area contributed by atoms with E-state index in [9.17, 15) is 18.0 Å². The molecule has 0 bridgehead atoms. The average Bonchev–Trinajstić information content (AvgIpc) is 2.79. The van der Waals surface area contributed by atoms with Crippen LogP contribution in [0.2, 0.25) is 0 Å². The van der Waals surface area contributed by atoms with E-state index in [-0.39, 0.29) is 12.5 Å². The summed E-state index contributed by atoms with van der Waals surface area (Å²) in [6.07, 6.45) is 1.82. The number of hydrogen-bond acceptors (Lipinski definition) is 5. The molecule has 33 heavy (non-hydrogen) atoms. The maximum atomic E-state index is 13.4. The zero-order valence-corrected chi connectivity index (χ0v) is 20.7. The lowest BCUT2D eigenvalue weighted by molar-refractivity contribution is -0.139. The Morgan fingerprint density at radius 3 is 2.36 bits per heavy atom.